The van der Waals surface area contributed by atoms with Gasteiger partial charge in [-0.05, 0) is 31.1 Å². The fraction of sp³-hybridized carbons (Fsp3) is 0.222. The normalized spacial score (nSPS) is 11.3. The summed E-state index contributed by atoms with van der Waals surface area (Å²) in [5, 5.41) is 4.12. The van der Waals surface area contributed by atoms with Gasteiger partial charge in [-0.25, -0.2) is 4.98 Å². The predicted octanol–water partition coefficient (Wildman–Crippen LogP) is 2.76. The number of nitrogens with zero attached hydrogens (tertiary/aromatic N) is 2. The van der Waals surface area contributed by atoms with Gasteiger partial charge in [-0.3, -0.25) is 4.79 Å². The van der Waals surface area contributed by atoms with Crippen LogP contribution in [0.25, 0.3) is 17.0 Å². The summed E-state index contributed by atoms with van der Waals surface area (Å²) < 4.78 is 1.98. The highest BCUT2D eigenvalue weighted by atomic mass is 16.1. The maximum atomic E-state index is 11.9. The Balaban J connectivity index is 1.53. The second-order valence-electron chi connectivity index (χ2n) is 5.31. The molecule has 0 bridgehead atoms. The van der Waals surface area contributed by atoms with Crippen molar-refractivity contribution < 1.29 is 4.79 Å². The first kappa shape index (κ1) is 15.1. The number of carbonyl (C=O) groups excluding carboxylic acids is 1. The zero-order valence-electron chi connectivity index (χ0n) is 13.1. The van der Waals surface area contributed by atoms with Crippen molar-refractivity contribution in [2.24, 2.45) is 0 Å². The number of hydrogen-bond donors (Lipinski definition) is 2. The molecule has 3 rings (SSSR count). The maximum absolute atomic E-state index is 11.9. The van der Waals surface area contributed by atoms with Gasteiger partial charge in [0.05, 0.1) is 0 Å². The molecule has 2 N–H and O–H groups in total. The van der Waals surface area contributed by atoms with Crippen LogP contribution in [0.15, 0.2) is 48.9 Å². The third-order valence-electron chi connectivity index (χ3n) is 3.84. The summed E-state index contributed by atoms with van der Waals surface area (Å²) in [5.41, 5.74) is 2.34. The van der Waals surface area contributed by atoms with Crippen LogP contribution in [0.5, 0.6) is 0 Å². The van der Waals surface area contributed by atoms with Crippen LogP contribution in [0.1, 0.15) is 18.3 Å². The van der Waals surface area contributed by atoms with Gasteiger partial charge in [-0.1, -0.05) is 18.2 Å². The SMILES string of the molecule is CCn1ccnc1/C=C/C(=O)NCCc1c[nH]c2ccccc12. The first-order valence-corrected chi connectivity index (χ1v) is 7.80. The van der Waals surface area contributed by atoms with Crippen LogP contribution >= 0.6 is 0 Å². The van der Waals surface area contributed by atoms with Gasteiger partial charge in [0.2, 0.25) is 5.91 Å². The lowest BCUT2D eigenvalue weighted by atomic mass is 10.1. The molecule has 0 fully saturated rings. The summed E-state index contributed by atoms with van der Waals surface area (Å²) in [6.45, 7) is 3.48. The van der Waals surface area contributed by atoms with Gasteiger partial charge >= 0.3 is 0 Å². The molecule has 0 atom stereocenters. The van der Waals surface area contributed by atoms with E-state index in [1.165, 1.54) is 17.0 Å². The number of aromatic nitrogens is 3. The summed E-state index contributed by atoms with van der Waals surface area (Å²) in [5.74, 6) is 0.690. The fourth-order valence-corrected chi connectivity index (χ4v) is 2.61. The molecule has 0 radical (unpaired) electrons. The van der Waals surface area contributed by atoms with E-state index in [1.54, 1.807) is 12.3 Å². The Hall–Kier alpha value is -2.82. The molecule has 0 saturated heterocycles. The van der Waals surface area contributed by atoms with Crippen LogP contribution in [0.2, 0.25) is 0 Å². The van der Waals surface area contributed by atoms with E-state index in [-0.39, 0.29) is 5.91 Å². The molecule has 0 aliphatic heterocycles. The minimum atomic E-state index is -0.101. The molecule has 0 saturated carbocycles. The second kappa shape index (κ2) is 6.96. The van der Waals surface area contributed by atoms with Gasteiger partial charge in [0.25, 0.3) is 0 Å². The van der Waals surface area contributed by atoms with Crippen molar-refractivity contribution in [3.63, 3.8) is 0 Å². The number of rotatable bonds is 6. The average Bonchev–Trinajstić information content (AvgIpc) is 3.19. The van der Waals surface area contributed by atoms with Crippen molar-refractivity contribution in [2.45, 2.75) is 19.9 Å². The highest BCUT2D eigenvalue weighted by Crippen LogP contribution is 2.17. The molecule has 0 aliphatic carbocycles. The fourth-order valence-electron chi connectivity index (χ4n) is 2.61. The summed E-state index contributed by atoms with van der Waals surface area (Å²) in [7, 11) is 0. The topological polar surface area (TPSA) is 62.7 Å². The van der Waals surface area contributed by atoms with Gasteiger partial charge in [-0.2, -0.15) is 0 Å². The second-order valence-corrected chi connectivity index (χ2v) is 5.31. The third kappa shape index (κ3) is 3.51. The van der Waals surface area contributed by atoms with Crippen LogP contribution in [-0.4, -0.2) is 27.0 Å². The summed E-state index contributed by atoms with van der Waals surface area (Å²) >= 11 is 0. The number of aryl methyl sites for hydroxylation is 1. The van der Waals surface area contributed by atoms with Gasteiger partial charge < -0.3 is 14.9 Å². The molecule has 5 nitrogen and oxygen atoms in total. The molecule has 23 heavy (non-hydrogen) atoms. The zero-order valence-corrected chi connectivity index (χ0v) is 13.1. The molecular formula is C18H20N4O. The first-order valence-electron chi connectivity index (χ1n) is 7.80. The van der Waals surface area contributed by atoms with E-state index in [9.17, 15) is 4.79 Å². The van der Waals surface area contributed by atoms with Crippen LogP contribution in [-0.2, 0) is 17.8 Å². The van der Waals surface area contributed by atoms with E-state index in [4.69, 9.17) is 0 Å². The number of imidazole rings is 1. The van der Waals surface area contributed by atoms with E-state index in [0.29, 0.717) is 6.54 Å². The lowest BCUT2D eigenvalue weighted by Crippen LogP contribution is -2.23. The van der Waals surface area contributed by atoms with Gasteiger partial charge in [0.1, 0.15) is 5.82 Å². The van der Waals surface area contributed by atoms with Gasteiger partial charge in [-0.15, -0.1) is 0 Å². The van der Waals surface area contributed by atoms with E-state index < -0.39 is 0 Å². The number of benzene rings is 1. The summed E-state index contributed by atoms with van der Waals surface area (Å²) in [6, 6.07) is 8.18. The van der Waals surface area contributed by atoms with Gasteiger partial charge in [0.15, 0.2) is 0 Å². The number of carbonyl (C=O) groups is 1. The van der Waals surface area contributed by atoms with Crippen molar-refractivity contribution in [1.82, 2.24) is 19.9 Å². The zero-order chi connectivity index (χ0) is 16.1. The molecule has 0 unspecified atom stereocenters. The molecule has 118 valence electrons. The maximum Gasteiger partial charge on any atom is 0.244 e. The van der Waals surface area contributed by atoms with Crippen molar-refractivity contribution >= 4 is 22.9 Å². The van der Waals surface area contributed by atoms with Crippen molar-refractivity contribution in [3.05, 3.63) is 60.3 Å². The van der Waals surface area contributed by atoms with E-state index in [0.717, 1.165) is 24.3 Å². The monoisotopic (exact) mass is 308 g/mol. The molecule has 2 aromatic heterocycles. The van der Waals surface area contributed by atoms with Crippen molar-refractivity contribution in [3.8, 4) is 0 Å². The van der Waals surface area contributed by atoms with Crippen molar-refractivity contribution in [2.75, 3.05) is 6.54 Å². The predicted molar refractivity (Wildman–Crippen MR) is 91.9 cm³/mol. The molecule has 1 amide bonds. The standard InChI is InChI=1S/C18H20N4O/c1-2-22-12-11-19-17(22)7-8-18(23)20-10-9-14-13-21-16-6-4-3-5-15(14)16/h3-8,11-13,21H,2,9-10H2,1H3,(H,20,23)/b8-7+. The van der Waals surface area contributed by atoms with Crippen LogP contribution in [0, 0.1) is 0 Å². The molecular weight excluding hydrogens is 288 g/mol. The largest absolute Gasteiger partial charge is 0.361 e. The highest BCUT2D eigenvalue weighted by molar-refractivity contribution is 5.91. The minimum absolute atomic E-state index is 0.101. The summed E-state index contributed by atoms with van der Waals surface area (Å²) in [6.07, 6.45) is 9.71. The lowest BCUT2D eigenvalue weighted by Gasteiger charge is -2.02. The smallest absolute Gasteiger partial charge is 0.244 e. The van der Waals surface area contributed by atoms with Crippen LogP contribution < -0.4 is 5.32 Å². The Morgan fingerprint density at radius 2 is 2.26 bits per heavy atom. The molecule has 3 aromatic rings. The van der Waals surface area contributed by atoms with E-state index in [1.807, 2.05) is 36.0 Å². The quantitative estimate of drug-likeness (QED) is 0.688. The number of para-hydroxylation sites is 1. The Morgan fingerprint density at radius 1 is 1.39 bits per heavy atom. The molecule has 5 heteroatoms. The molecule has 1 aromatic carbocycles. The Bertz CT molecular complexity index is 828. The number of aromatic amines is 1. The average molecular weight is 308 g/mol. The number of nitrogens with one attached hydrogen (secondary N) is 2. The number of amides is 1. The molecule has 0 aliphatic rings. The molecule has 2 heterocycles. The van der Waals surface area contributed by atoms with E-state index in [2.05, 4.69) is 27.4 Å². The Kier molecular flexibility index (Phi) is 4.57. The number of H-pyrrole nitrogens is 1. The molecule has 0 spiro atoms. The third-order valence-corrected chi connectivity index (χ3v) is 3.84. The highest BCUT2D eigenvalue weighted by Gasteiger charge is 2.03. The van der Waals surface area contributed by atoms with E-state index >= 15 is 0 Å². The lowest BCUT2D eigenvalue weighted by molar-refractivity contribution is -0.116. The van der Waals surface area contributed by atoms with Crippen LogP contribution in [0.3, 0.4) is 0 Å². The van der Waals surface area contributed by atoms with Crippen LogP contribution in [0.4, 0.5) is 0 Å². The Labute approximate surface area is 135 Å². The minimum Gasteiger partial charge on any atom is -0.361 e. The Morgan fingerprint density at radius 3 is 3.13 bits per heavy atom. The summed E-state index contributed by atoms with van der Waals surface area (Å²) in [4.78, 5) is 19.3. The number of hydrogen-bond acceptors (Lipinski definition) is 2. The first-order chi connectivity index (χ1) is 11.3. The number of fused-ring (bicyclic) bond motifs is 1. The van der Waals surface area contributed by atoms with Crippen molar-refractivity contribution in [1.29, 1.82) is 0 Å². The van der Waals surface area contributed by atoms with Gasteiger partial charge in [0, 0.05) is 48.7 Å².